The van der Waals surface area contributed by atoms with Crippen molar-refractivity contribution in [2.24, 2.45) is 10.8 Å². The van der Waals surface area contributed by atoms with Gasteiger partial charge in [0, 0.05) is 19.2 Å². The Bertz CT molecular complexity index is 725. The van der Waals surface area contributed by atoms with Crippen molar-refractivity contribution in [2.75, 3.05) is 7.05 Å². The first kappa shape index (κ1) is 16.3. The lowest BCUT2D eigenvalue weighted by atomic mass is 10.2. The Morgan fingerprint density at radius 2 is 1.70 bits per heavy atom. The fraction of sp³-hybridized carbons (Fsp3) is 0.0667. The maximum Gasteiger partial charge on any atom is 0.334 e. The van der Waals surface area contributed by atoms with E-state index >= 15 is 0 Å². The van der Waals surface area contributed by atoms with Crippen LogP contribution in [0.2, 0.25) is 0 Å². The molecule has 0 bridgehead atoms. The largest absolute Gasteiger partial charge is 0.457 e. The molecule has 120 valence electrons. The van der Waals surface area contributed by atoms with E-state index in [0.29, 0.717) is 0 Å². The van der Waals surface area contributed by atoms with Crippen LogP contribution in [0.25, 0.3) is 0 Å². The average molecular weight is 323 g/mol. The number of rotatable bonds is 4. The van der Waals surface area contributed by atoms with E-state index in [9.17, 15) is 18.0 Å². The van der Waals surface area contributed by atoms with Gasteiger partial charge in [-0.1, -0.05) is 0 Å². The molecule has 23 heavy (non-hydrogen) atoms. The maximum absolute atomic E-state index is 13.9. The van der Waals surface area contributed by atoms with Crippen LogP contribution in [0.15, 0.2) is 41.5 Å². The molecule has 0 aliphatic heterocycles. The van der Waals surface area contributed by atoms with Crippen molar-refractivity contribution >= 4 is 12.2 Å². The second kappa shape index (κ2) is 6.82. The summed E-state index contributed by atoms with van der Waals surface area (Å²) < 4.78 is 45.9. The van der Waals surface area contributed by atoms with Gasteiger partial charge in [-0.25, -0.2) is 23.0 Å². The fourth-order valence-corrected chi connectivity index (χ4v) is 1.58. The molecule has 0 saturated heterocycles. The molecule has 0 spiro atoms. The second-order valence-electron chi connectivity index (χ2n) is 4.46. The second-order valence-corrected chi connectivity index (χ2v) is 4.46. The van der Waals surface area contributed by atoms with E-state index in [4.69, 9.17) is 10.5 Å². The highest BCUT2D eigenvalue weighted by Crippen LogP contribution is 2.25. The van der Waals surface area contributed by atoms with E-state index in [1.165, 1.54) is 19.2 Å². The maximum atomic E-state index is 13.9. The summed E-state index contributed by atoms with van der Waals surface area (Å²) in [6.45, 7) is 0. The molecule has 5 nitrogen and oxygen atoms in total. The minimum absolute atomic E-state index is 0.105. The van der Waals surface area contributed by atoms with E-state index in [1.54, 1.807) is 0 Å². The van der Waals surface area contributed by atoms with Gasteiger partial charge in [0.2, 0.25) is 0 Å². The minimum Gasteiger partial charge on any atom is -0.457 e. The molecule has 2 aromatic rings. The predicted octanol–water partition coefficient (Wildman–Crippen LogP) is 3.24. The molecule has 0 fully saturated rings. The van der Waals surface area contributed by atoms with Crippen LogP contribution in [0.1, 0.15) is 5.56 Å². The van der Waals surface area contributed by atoms with Gasteiger partial charge in [0.25, 0.3) is 0 Å². The van der Waals surface area contributed by atoms with Gasteiger partial charge in [-0.2, -0.15) is 5.10 Å². The number of carbonyl (C=O) groups excluding carboxylic acids is 1. The van der Waals surface area contributed by atoms with Gasteiger partial charge in [0.05, 0.1) is 11.8 Å². The Hall–Kier alpha value is -3.03. The summed E-state index contributed by atoms with van der Waals surface area (Å²) in [5.41, 5.74) is 4.48. The van der Waals surface area contributed by atoms with Gasteiger partial charge >= 0.3 is 6.03 Å². The highest BCUT2D eigenvalue weighted by molar-refractivity contribution is 5.82. The van der Waals surface area contributed by atoms with Gasteiger partial charge in [-0.05, 0) is 24.3 Å². The van der Waals surface area contributed by atoms with Crippen LogP contribution in [0.4, 0.5) is 18.0 Å². The van der Waals surface area contributed by atoms with Crippen LogP contribution >= 0.6 is 0 Å². The molecular formula is C15H12F3N3O2. The number of halogens is 3. The topological polar surface area (TPSA) is 67.9 Å². The van der Waals surface area contributed by atoms with Crippen molar-refractivity contribution in [1.29, 1.82) is 0 Å². The van der Waals surface area contributed by atoms with Gasteiger partial charge in [-0.3, -0.25) is 0 Å². The molecule has 0 heterocycles. The lowest BCUT2D eigenvalue weighted by molar-refractivity contribution is 0.220. The number of hydrazone groups is 1. The smallest absolute Gasteiger partial charge is 0.334 e. The van der Waals surface area contributed by atoms with Crippen molar-refractivity contribution in [3.63, 3.8) is 0 Å². The van der Waals surface area contributed by atoms with Crippen LogP contribution in [0.5, 0.6) is 11.5 Å². The molecule has 0 aromatic heterocycles. The van der Waals surface area contributed by atoms with Crippen LogP contribution in [0, 0.1) is 17.5 Å². The van der Waals surface area contributed by atoms with Crippen LogP contribution in [-0.2, 0) is 0 Å². The van der Waals surface area contributed by atoms with E-state index in [0.717, 1.165) is 35.5 Å². The van der Waals surface area contributed by atoms with Gasteiger partial charge in [-0.15, -0.1) is 0 Å². The summed E-state index contributed by atoms with van der Waals surface area (Å²) in [6.07, 6.45) is 0.830. The van der Waals surface area contributed by atoms with Crippen molar-refractivity contribution in [1.82, 2.24) is 5.01 Å². The zero-order chi connectivity index (χ0) is 17.0. The minimum atomic E-state index is -0.941. The third-order valence-electron chi connectivity index (χ3n) is 2.78. The molecule has 0 aliphatic carbocycles. The number of benzene rings is 2. The number of carbonyl (C=O) groups is 1. The normalized spacial score (nSPS) is 10.8. The number of hydrogen-bond donors (Lipinski definition) is 1. The van der Waals surface area contributed by atoms with Gasteiger partial charge in [0.1, 0.15) is 29.0 Å². The van der Waals surface area contributed by atoms with Crippen molar-refractivity contribution in [2.45, 2.75) is 0 Å². The molecule has 8 heteroatoms. The monoisotopic (exact) mass is 323 g/mol. The summed E-state index contributed by atoms with van der Waals surface area (Å²) >= 11 is 0. The Balaban J connectivity index is 2.23. The third-order valence-corrected chi connectivity index (χ3v) is 2.78. The number of amides is 2. The van der Waals surface area contributed by atoms with Crippen molar-refractivity contribution < 1.29 is 22.7 Å². The van der Waals surface area contributed by atoms with E-state index in [1.807, 2.05) is 0 Å². The number of primary amides is 1. The first-order valence-electron chi connectivity index (χ1n) is 6.36. The number of nitrogens with zero attached hydrogens (tertiary/aromatic N) is 2. The lowest BCUT2D eigenvalue weighted by Crippen LogP contribution is -2.27. The van der Waals surface area contributed by atoms with Crippen LogP contribution in [0.3, 0.4) is 0 Å². The van der Waals surface area contributed by atoms with E-state index in [-0.39, 0.29) is 11.5 Å². The highest BCUT2D eigenvalue weighted by atomic mass is 19.1. The quantitative estimate of drug-likeness (QED) is 0.693. The molecule has 0 saturated carbocycles. The number of hydrogen-bond acceptors (Lipinski definition) is 3. The molecule has 0 atom stereocenters. The molecule has 2 aromatic carbocycles. The molecule has 0 unspecified atom stereocenters. The van der Waals surface area contributed by atoms with Crippen molar-refractivity contribution in [3.05, 3.63) is 59.4 Å². The summed E-state index contributed by atoms with van der Waals surface area (Å²) in [5, 5.41) is 4.23. The summed E-state index contributed by atoms with van der Waals surface area (Å²) in [5.74, 6) is -2.22. The first-order chi connectivity index (χ1) is 10.9. The molecule has 0 aliphatic rings. The standard InChI is InChI=1S/C15H12F3N3O2/c1-21(15(19)22)20-8-12-13(17)6-11(7-14(12)18)23-10-4-2-9(16)3-5-10/h2-8H,1H3,(H2,19,22). The Labute approximate surface area is 129 Å². The Morgan fingerprint density at radius 3 is 2.22 bits per heavy atom. The molecule has 0 radical (unpaired) electrons. The average Bonchev–Trinajstić information content (AvgIpc) is 2.48. The number of urea groups is 1. The summed E-state index contributed by atoms with van der Waals surface area (Å²) in [6, 6.07) is 5.96. The number of ether oxygens (including phenoxy) is 1. The molecule has 2 rings (SSSR count). The van der Waals surface area contributed by atoms with Crippen LogP contribution < -0.4 is 10.5 Å². The van der Waals surface area contributed by atoms with E-state index < -0.39 is 29.0 Å². The lowest BCUT2D eigenvalue weighted by Gasteiger charge is -2.09. The fourth-order valence-electron chi connectivity index (χ4n) is 1.58. The van der Waals surface area contributed by atoms with Crippen molar-refractivity contribution in [3.8, 4) is 11.5 Å². The first-order valence-corrected chi connectivity index (χ1v) is 6.36. The van der Waals surface area contributed by atoms with Gasteiger partial charge in [0.15, 0.2) is 0 Å². The van der Waals surface area contributed by atoms with Gasteiger partial charge < -0.3 is 10.5 Å². The summed E-state index contributed by atoms with van der Waals surface area (Å²) in [7, 11) is 1.24. The Kier molecular flexibility index (Phi) is 4.85. The molecule has 2 N–H and O–H groups in total. The zero-order valence-corrected chi connectivity index (χ0v) is 12.0. The predicted molar refractivity (Wildman–Crippen MR) is 77.8 cm³/mol. The Morgan fingerprint density at radius 1 is 1.13 bits per heavy atom. The van der Waals surface area contributed by atoms with Crippen LogP contribution in [-0.4, -0.2) is 24.3 Å². The molecule has 2 amide bonds. The summed E-state index contributed by atoms with van der Waals surface area (Å²) in [4.78, 5) is 10.8. The third kappa shape index (κ3) is 4.22. The van der Waals surface area contributed by atoms with E-state index in [2.05, 4.69) is 5.10 Å². The number of nitrogens with two attached hydrogens (primary N) is 1. The SMILES string of the molecule is CN(N=Cc1c(F)cc(Oc2ccc(F)cc2)cc1F)C(N)=O. The molecular weight excluding hydrogens is 311 g/mol. The highest BCUT2D eigenvalue weighted by Gasteiger charge is 2.12. The zero-order valence-electron chi connectivity index (χ0n) is 12.0.